The smallest absolute Gasteiger partial charge is 0.271 e. The third-order valence-electron chi connectivity index (χ3n) is 4.40. The lowest BCUT2D eigenvalue weighted by Crippen LogP contribution is -2.19. The highest BCUT2D eigenvalue weighted by atomic mass is 16.6. The summed E-state index contributed by atoms with van der Waals surface area (Å²) in [6.45, 7) is 3.92. The van der Waals surface area contributed by atoms with Crippen molar-refractivity contribution in [3.05, 3.63) is 107 Å². The number of amides is 1. The molecule has 0 aromatic heterocycles. The van der Waals surface area contributed by atoms with E-state index in [4.69, 9.17) is 9.47 Å². The number of hydrogen-bond acceptors (Lipinski definition) is 7. The zero-order valence-electron chi connectivity index (χ0n) is 18.2. The summed E-state index contributed by atoms with van der Waals surface area (Å²) in [7, 11) is 1.49. The number of hydrogen-bond donors (Lipinski definition) is 1. The lowest BCUT2D eigenvalue weighted by atomic mass is 10.2. The molecule has 0 bridgehead atoms. The molecule has 0 radical (unpaired) electrons. The molecule has 3 rings (SSSR count). The Morgan fingerprint density at radius 3 is 2.44 bits per heavy atom. The van der Waals surface area contributed by atoms with Crippen molar-refractivity contribution in [3.8, 4) is 11.5 Å². The number of nitrogens with one attached hydrogen (secondary N) is 1. The van der Waals surface area contributed by atoms with Crippen LogP contribution in [0.25, 0.3) is 0 Å². The predicted molar refractivity (Wildman–Crippen MR) is 127 cm³/mol. The summed E-state index contributed by atoms with van der Waals surface area (Å²) < 4.78 is 11.0. The van der Waals surface area contributed by atoms with Crippen LogP contribution in [0.15, 0.2) is 101 Å². The molecular formula is C24H21N5O5. The van der Waals surface area contributed by atoms with E-state index in [1.54, 1.807) is 54.6 Å². The van der Waals surface area contributed by atoms with Gasteiger partial charge < -0.3 is 9.47 Å². The predicted octanol–water partition coefficient (Wildman–Crippen LogP) is 5.04. The van der Waals surface area contributed by atoms with E-state index in [-0.39, 0.29) is 11.5 Å². The minimum Gasteiger partial charge on any atom is -0.493 e. The highest BCUT2D eigenvalue weighted by molar-refractivity contribution is 6.01. The molecule has 0 aliphatic heterocycles. The van der Waals surface area contributed by atoms with Gasteiger partial charge in [-0.3, -0.25) is 14.9 Å². The Kier molecular flexibility index (Phi) is 8.17. The molecule has 10 nitrogen and oxygen atoms in total. The maximum absolute atomic E-state index is 12.4. The zero-order valence-corrected chi connectivity index (χ0v) is 18.2. The van der Waals surface area contributed by atoms with E-state index >= 15 is 0 Å². The van der Waals surface area contributed by atoms with Crippen LogP contribution in [0.3, 0.4) is 0 Å². The summed E-state index contributed by atoms with van der Waals surface area (Å²) in [6.07, 6.45) is 1.61. The van der Waals surface area contributed by atoms with E-state index in [2.05, 4.69) is 27.3 Å². The molecule has 1 amide bonds. The number of carbonyl (C=O) groups is 1. The van der Waals surface area contributed by atoms with Gasteiger partial charge in [0.2, 0.25) is 5.84 Å². The van der Waals surface area contributed by atoms with Crippen molar-refractivity contribution in [2.45, 2.75) is 0 Å². The Morgan fingerprint density at radius 2 is 1.79 bits per heavy atom. The molecule has 172 valence electrons. The van der Waals surface area contributed by atoms with Crippen LogP contribution in [0.4, 0.5) is 11.4 Å². The topological polar surface area (TPSA) is 128 Å². The second-order valence-corrected chi connectivity index (χ2v) is 6.68. The molecule has 0 saturated heterocycles. The van der Waals surface area contributed by atoms with Crippen molar-refractivity contribution in [2.24, 2.45) is 15.3 Å². The molecule has 3 aromatic rings. The van der Waals surface area contributed by atoms with Gasteiger partial charge in [0.05, 0.1) is 17.7 Å². The van der Waals surface area contributed by atoms with Crippen molar-refractivity contribution in [1.82, 2.24) is 5.43 Å². The first-order chi connectivity index (χ1) is 16.5. The van der Waals surface area contributed by atoms with Crippen LogP contribution in [0.1, 0.15) is 15.9 Å². The van der Waals surface area contributed by atoms with Crippen LogP contribution in [-0.2, 0) is 0 Å². The van der Waals surface area contributed by atoms with E-state index in [0.717, 1.165) is 0 Å². The third-order valence-corrected chi connectivity index (χ3v) is 4.40. The molecule has 0 heterocycles. The van der Waals surface area contributed by atoms with Gasteiger partial charge in [0, 0.05) is 23.3 Å². The van der Waals surface area contributed by atoms with Gasteiger partial charge in [0.25, 0.3) is 11.6 Å². The Morgan fingerprint density at radius 1 is 1.06 bits per heavy atom. The standard InChI is InChI=1S/C24H21N5O5/c1-3-15-34-21-14-9-18(16-22(21)33-2)23(27-28-24(30)17-7-5-4-6-8-17)26-25-19-10-12-20(13-11-19)29(31)32/h3-14,16H,1,15H2,2H3,(H,28,30)/b26-25?,27-23-. The van der Waals surface area contributed by atoms with Gasteiger partial charge in [-0.1, -0.05) is 30.9 Å². The molecule has 0 aliphatic carbocycles. The van der Waals surface area contributed by atoms with Crippen molar-refractivity contribution < 1.29 is 19.2 Å². The molecular weight excluding hydrogens is 438 g/mol. The number of nitro benzene ring substituents is 1. The van der Waals surface area contributed by atoms with Crippen LogP contribution in [0, 0.1) is 10.1 Å². The highest BCUT2D eigenvalue weighted by Gasteiger charge is 2.12. The molecule has 0 atom stereocenters. The summed E-state index contributed by atoms with van der Waals surface area (Å²) in [4.78, 5) is 22.8. The second kappa shape index (κ2) is 11.7. The number of nitrogens with zero attached hydrogens (tertiary/aromatic N) is 4. The Balaban J connectivity index is 1.93. The first kappa shape index (κ1) is 23.8. The largest absolute Gasteiger partial charge is 0.493 e. The molecule has 0 fully saturated rings. The number of methoxy groups -OCH3 is 1. The van der Waals surface area contributed by atoms with Gasteiger partial charge in [-0.05, 0) is 42.5 Å². The highest BCUT2D eigenvalue weighted by Crippen LogP contribution is 2.29. The summed E-state index contributed by atoms with van der Waals surface area (Å²) in [5.74, 6) is 0.566. The zero-order chi connectivity index (χ0) is 24.3. The normalized spacial score (nSPS) is 11.1. The van der Waals surface area contributed by atoms with Gasteiger partial charge in [-0.25, -0.2) is 5.43 Å². The Hall–Kier alpha value is -4.86. The maximum Gasteiger partial charge on any atom is 0.271 e. The van der Waals surface area contributed by atoms with Crippen molar-refractivity contribution in [1.29, 1.82) is 0 Å². The first-order valence-corrected chi connectivity index (χ1v) is 10.0. The minimum atomic E-state index is -0.505. The average Bonchev–Trinajstić information content (AvgIpc) is 2.88. The van der Waals surface area contributed by atoms with Gasteiger partial charge in [0.15, 0.2) is 11.5 Å². The fourth-order valence-electron chi connectivity index (χ4n) is 2.72. The fraction of sp³-hybridized carbons (Fsp3) is 0.0833. The molecule has 0 spiro atoms. The minimum absolute atomic E-state index is 0.0668. The quantitative estimate of drug-likeness (QED) is 0.120. The van der Waals surface area contributed by atoms with Gasteiger partial charge >= 0.3 is 0 Å². The molecule has 10 heteroatoms. The molecule has 0 unspecified atom stereocenters. The molecule has 34 heavy (non-hydrogen) atoms. The lowest BCUT2D eigenvalue weighted by molar-refractivity contribution is -0.384. The van der Waals surface area contributed by atoms with Crippen LogP contribution >= 0.6 is 0 Å². The van der Waals surface area contributed by atoms with Crippen LogP contribution in [0.2, 0.25) is 0 Å². The summed E-state index contributed by atoms with van der Waals surface area (Å²) in [5.41, 5.74) is 3.67. The SMILES string of the molecule is C=CCOc1ccc(/C(N=Nc2ccc([N+](=O)[O-])cc2)=N/NC(=O)c2ccccc2)cc1OC. The number of nitro groups is 1. The summed E-state index contributed by atoms with van der Waals surface area (Å²) >= 11 is 0. The number of benzene rings is 3. The third kappa shape index (κ3) is 6.33. The lowest BCUT2D eigenvalue weighted by Gasteiger charge is -2.11. The summed E-state index contributed by atoms with van der Waals surface area (Å²) in [5, 5.41) is 23.2. The van der Waals surface area contributed by atoms with Crippen molar-refractivity contribution in [2.75, 3.05) is 13.7 Å². The van der Waals surface area contributed by atoms with Crippen molar-refractivity contribution in [3.63, 3.8) is 0 Å². The molecule has 3 aromatic carbocycles. The van der Waals surface area contributed by atoms with E-state index in [9.17, 15) is 14.9 Å². The van der Waals surface area contributed by atoms with Gasteiger partial charge in [0.1, 0.15) is 6.61 Å². The number of hydrazone groups is 1. The maximum atomic E-state index is 12.4. The van der Waals surface area contributed by atoms with Crippen LogP contribution in [0.5, 0.6) is 11.5 Å². The number of rotatable bonds is 9. The van der Waals surface area contributed by atoms with Crippen LogP contribution < -0.4 is 14.9 Å². The molecule has 0 aliphatic rings. The molecule has 1 N–H and O–H groups in total. The van der Waals surface area contributed by atoms with Gasteiger partial charge in [-0.15, -0.1) is 15.3 Å². The summed E-state index contributed by atoms with van der Waals surface area (Å²) in [6, 6.07) is 19.1. The number of carbonyl (C=O) groups excluding carboxylic acids is 1. The van der Waals surface area contributed by atoms with E-state index < -0.39 is 10.8 Å². The van der Waals surface area contributed by atoms with Crippen molar-refractivity contribution >= 4 is 23.1 Å². The van der Waals surface area contributed by atoms with E-state index in [0.29, 0.717) is 34.9 Å². The molecule has 0 saturated carbocycles. The van der Waals surface area contributed by atoms with Crippen LogP contribution in [-0.4, -0.2) is 30.4 Å². The fourth-order valence-corrected chi connectivity index (χ4v) is 2.72. The Labute approximate surface area is 195 Å². The Bertz CT molecular complexity index is 1220. The monoisotopic (exact) mass is 459 g/mol. The second-order valence-electron chi connectivity index (χ2n) is 6.68. The number of azo groups is 1. The van der Waals surface area contributed by atoms with Gasteiger partial charge in [-0.2, -0.15) is 0 Å². The number of amidine groups is 1. The average molecular weight is 459 g/mol. The first-order valence-electron chi connectivity index (χ1n) is 10.0. The van der Waals surface area contributed by atoms with E-state index in [1.807, 2.05) is 0 Å². The van der Waals surface area contributed by atoms with E-state index in [1.165, 1.54) is 31.4 Å². The number of ether oxygens (including phenoxy) is 2. The number of non-ortho nitro benzene ring substituents is 1.